The highest BCUT2D eigenvalue weighted by atomic mass is 35.5. The van der Waals surface area contributed by atoms with Crippen LogP contribution in [0.3, 0.4) is 0 Å². The van der Waals surface area contributed by atoms with Gasteiger partial charge in [-0.15, -0.1) is 12.4 Å². The molecule has 0 aromatic heterocycles. The lowest BCUT2D eigenvalue weighted by Crippen LogP contribution is -2.45. The normalized spacial score (nSPS) is 23.3. The van der Waals surface area contributed by atoms with Crippen LogP contribution < -0.4 is 15.5 Å². The third-order valence-corrected chi connectivity index (χ3v) is 5.41. The average Bonchev–Trinajstić information content (AvgIpc) is 3.15. The van der Waals surface area contributed by atoms with E-state index in [1.54, 1.807) is 0 Å². The van der Waals surface area contributed by atoms with Gasteiger partial charge >= 0.3 is 0 Å². The predicted octanol–water partition coefficient (Wildman–Crippen LogP) is 2.25. The van der Waals surface area contributed by atoms with Gasteiger partial charge in [-0.25, -0.2) is 0 Å². The second-order valence-electron chi connectivity index (χ2n) is 7.66. The Morgan fingerprint density at radius 1 is 1.27 bits per heavy atom. The zero-order chi connectivity index (χ0) is 17.6. The zero-order valence-electron chi connectivity index (χ0n) is 16.0. The molecular weight excluding hydrogens is 348 g/mol. The molecule has 2 atom stereocenters. The number of benzene rings is 1. The molecule has 2 aliphatic rings. The summed E-state index contributed by atoms with van der Waals surface area (Å²) >= 11 is 0. The van der Waals surface area contributed by atoms with Gasteiger partial charge in [-0.3, -0.25) is 9.69 Å². The Balaban J connectivity index is 0.00000243. The summed E-state index contributed by atoms with van der Waals surface area (Å²) in [4.78, 5) is 16.9. The number of amides is 1. The predicted molar refractivity (Wildman–Crippen MR) is 110 cm³/mol. The van der Waals surface area contributed by atoms with E-state index in [1.807, 2.05) is 0 Å². The van der Waals surface area contributed by atoms with Crippen LogP contribution >= 0.6 is 12.4 Å². The maximum Gasteiger partial charge on any atom is 0.237 e. The van der Waals surface area contributed by atoms with Crippen LogP contribution in [0.5, 0.6) is 0 Å². The number of anilines is 1. The molecule has 1 aromatic carbocycles. The number of para-hydroxylation sites is 1. The van der Waals surface area contributed by atoms with Crippen molar-refractivity contribution in [3.05, 3.63) is 29.8 Å². The van der Waals surface area contributed by atoms with Crippen molar-refractivity contribution >= 4 is 24.0 Å². The van der Waals surface area contributed by atoms with Gasteiger partial charge in [0.05, 0.1) is 6.04 Å². The Morgan fingerprint density at radius 2 is 2.08 bits per heavy atom. The summed E-state index contributed by atoms with van der Waals surface area (Å²) in [5, 5.41) is 6.45. The molecular formula is C20H33ClN4O. The number of rotatable bonds is 6. The molecule has 2 aliphatic heterocycles. The van der Waals surface area contributed by atoms with Crippen molar-refractivity contribution in [2.24, 2.45) is 5.92 Å². The third-order valence-electron chi connectivity index (χ3n) is 5.41. The monoisotopic (exact) mass is 380 g/mol. The highest BCUT2D eigenvalue weighted by Crippen LogP contribution is 2.23. The number of piperidine rings is 1. The fraction of sp³-hybridized carbons (Fsp3) is 0.650. The highest BCUT2D eigenvalue weighted by molar-refractivity contribution is 5.85. The second-order valence-corrected chi connectivity index (χ2v) is 7.66. The van der Waals surface area contributed by atoms with E-state index < -0.39 is 0 Å². The lowest BCUT2D eigenvalue weighted by atomic mass is 9.97. The molecule has 1 amide bonds. The van der Waals surface area contributed by atoms with E-state index in [1.165, 1.54) is 24.1 Å². The Kier molecular flexibility index (Phi) is 8.19. The van der Waals surface area contributed by atoms with Gasteiger partial charge < -0.3 is 15.5 Å². The van der Waals surface area contributed by atoms with Gasteiger partial charge in [-0.05, 0) is 56.3 Å². The van der Waals surface area contributed by atoms with Crippen LogP contribution in [-0.4, -0.2) is 57.1 Å². The average molecular weight is 381 g/mol. The second kappa shape index (κ2) is 10.1. The first-order chi connectivity index (χ1) is 12.1. The molecule has 2 N–H and O–H groups in total. The van der Waals surface area contributed by atoms with Crippen LogP contribution in [0.1, 0.15) is 31.2 Å². The summed E-state index contributed by atoms with van der Waals surface area (Å²) in [5.74, 6) is 0.748. The van der Waals surface area contributed by atoms with Crippen LogP contribution in [0, 0.1) is 5.92 Å². The van der Waals surface area contributed by atoms with Crippen LogP contribution in [0.15, 0.2) is 24.3 Å². The van der Waals surface area contributed by atoms with E-state index in [-0.39, 0.29) is 24.4 Å². The van der Waals surface area contributed by atoms with Gasteiger partial charge in [-0.1, -0.05) is 18.2 Å². The van der Waals surface area contributed by atoms with Crippen LogP contribution in [-0.2, 0) is 11.3 Å². The Morgan fingerprint density at radius 3 is 2.81 bits per heavy atom. The molecule has 2 saturated heterocycles. The number of carbonyl (C=O) groups excluding carboxylic acids is 1. The minimum atomic E-state index is 0. The maximum absolute atomic E-state index is 12.2. The molecule has 6 heteroatoms. The summed E-state index contributed by atoms with van der Waals surface area (Å²) in [6, 6.07) is 8.67. The number of nitrogens with one attached hydrogen (secondary N) is 2. The molecule has 0 radical (unpaired) electrons. The summed E-state index contributed by atoms with van der Waals surface area (Å²) in [7, 11) is 4.20. The standard InChI is InChI=1S/C20H32N4O.ClH/c1-23(2)19-10-4-3-8-17(19)15-24-12-6-7-16(14-24)13-22-20(25)18-9-5-11-21-18;/h3-4,8,10,16,18,21H,5-7,9,11-15H2,1-2H3,(H,22,25);1H. The van der Waals surface area contributed by atoms with Crippen LogP contribution in [0.25, 0.3) is 0 Å². The van der Waals surface area contributed by atoms with E-state index in [9.17, 15) is 4.79 Å². The van der Waals surface area contributed by atoms with E-state index in [4.69, 9.17) is 0 Å². The largest absolute Gasteiger partial charge is 0.377 e. The van der Waals surface area contributed by atoms with Crippen molar-refractivity contribution in [1.82, 2.24) is 15.5 Å². The molecule has 1 aromatic rings. The Bertz CT molecular complexity index is 575. The fourth-order valence-electron chi connectivity index (χ4n) is 4.06. The van der Waals surface area contributed by atoms with Gasteiger partial charge in [0.25, 0.3) is 0 Å². The first-order valence-corrected chi connectivity index (χ1v) is 9.62. The molecule has 0 aliphatic carbocycles. The summed E-state index contributed by atoms with van der Waals surface area (Å²) < 4.78 is 0. The van der Waals surface area contributed by atoms with Gasteiger partial charge in [0.2, 0.25) is 5.91 Å². The molecule has 0 spiro atoms. The van der Waals surface area contributed by atoms with E-state index in [0.29, 0.717) is 5.92 Å². The first-order valence-electron chi connectivity index (χ1n) is 9.62. The van der Waals surface area contributed by atoms with Crippen LogP contribution in [0.4, 0.5) is 5.69 Å². The molecule has 3 rings (SSSR count). The number of nitrogens with zero attached hydrogens (tertiary/aromatic N) is 2. The molecule has 26 heavy (non-hydrogen) atoms. The topological polar surface area (TPSA) is 47.6 Å². The Labute approximate surface area is 163 Å². The molecule has 5 nitrogen and oxygen atoms in total. The molecule has 2 unspecified atom stereocenters. The number of carbonyl (C=O) groups is 1. The van der Waals surface area contributed by atoms with Crippen molar-refractivity contribution in [3.8, 4) is 0 Å². The fourth-order valence-corrected chi connectivity index (χ4v) is 4.06. The van der Waals surface area contributed by atoms with Gasteiger partial charge in [-0.2, -0.15) is 0 Å². The molecule has 0 saturated carbocycles. The lowest BCUT2D eigenvalue weighted by molar-refractivity contribution is -0.123. The van der Waals surface area contributed by atoms with Crippen LogP contribution in [0.2, 0.25) is 0 Å². The summed E-state index contributed by atoms with van der Waals surface area (Å²) in [5.41, 5.74) is 2.68. The SMILES string of the molecule is CN(C)c1ccccc1CN1CCCC(CNC(=O)C2CCCN2)C1.Cl. The Hall–Kier alpha value is -1.30. The number of hydrogen-bond donors (Lipinski definition) is 2. The number of likely N-dealkylation sites (tertiary alicyclic amines) is 1. The zero-order valence-corrected chi connectivity index (χ0v) is 16.9. The minimum Gasteiger partial charge on any atom is -0.377 e. The summed E-state index contributed by atoms with van der Waals surface area (Å²) in [6.45, 7) is 4.99. The van der Waals surface area contributed by atoms with Gasteiger partial charge in [0.15, 0.2) is 0 Å². The molecule has 146 valence electrons. The molecule has 0 bridgehead atoms. The minimum absolute atomic E-state index is 0. The van der Waals surface area contributed by atoms with Crippen molar-refractivity contribution in [2.45, 2.75) is 38.3 Å². The maximum atomic E-state index is 12.2. The van der Waals surface area contributed by atoms with E-state index in [2.05, 4.69) is 58.8 Å². The first kappa shape index (κ1) is 21.0. The molecule has 2 fully saturated rings. The highest BCUT2D eigenvalue weighted by Gasteiger charge is 2.25. The van der Waals surface area contributed by atoms with Crippen molar-refractivity contribution in [3.63, 3.8) is 0 Å². The summed E-state index contributed by atoms with van der Waals surface area (Å²) in [6.07, 6.45) is 4.51. The van der Waals surface area contributed by atoms with E-state index >= 15 is 0 Å². The number of hydrogen-bond acceptors (Lipinski definition) is 4. The van der Waals surface area contributed by atoms with Gasteiger partial charge in [0, 0.05) is 39.4 Å². The van der Waals surface area contributed by atoms with Crippen molar-refractivity contribution < 1.29 is 4.79 Å². The third kappa shape index (κ3) is 5.60. The quantitative estimate of drug-likeness (QED) is 0.794. The van der Waals surface area contributed by atoms with E-state index in [0.717, 1.165) is 45.6 Å². The number of halogens is 1. The van der Waals surface area contributed by atoms with Gasteiger partial charge in [0.1, 0.15) is 0 Å². The lowest BCUT2D eigenvalue weighted by Gasteiger charge is -2.33. The van der Waals surface area contributed by atoms with Crippen molar-refractivity contribution in [2.75, 3.05) is 45.2 Å². The smallest absolute Gasteiger partial charge is 0.237 e. The van der Waals surface area contributed by atoms with Crippen molar-refractivity contribution in [1.29, 1.82) is 0 Å². The molecule has 2 heterocycles.